The molecule has 1 atom stereocenters. The molecule has 4 nitrogen and oxygen atoms in total. The Balaban J connectivity index is 2.09. The molecule has 82 valence electrons. The van der Waals surface area contributed by atoms with Crippen molar-refractivity contribution in [2.24, 2.45) is 0 Å². The van der Waals surface area contributed by atoms with Gasteiger partial charge in [0, 0.05) is 38.1 Å². The van der Waals surface area contributed by atoms with E-state index in [1.807, 2.05) is 25.5 Å². The minimum absolute atomic E-state index is 0.596. The lowest BCUT2D eigenvalue weighted by Gasteiger charge is -2.18. The fourth-order valence-corrected chi connectivity index (χ4v) is 2.04. The Morgan fingerprint density at radius 1 is 1.73 bits per heavy atom. The second-order valence-corrected chi connectivity index (χ2v) is 3.89. The molecule has 1 aromatic rings. The summed E-state index contributed by atoms with van der Waals surface area (Å²) in [6.07, 6.45) is 6.95. The largest absolute Gasteiger partial charge is 0.341 e. The van der Waals surface area contributed by atoms with Crippen molar-refractivity contribution in [3.8, 4) is 0 Å². The van der Waals surface area contributed by atoms with Crippen LogP contribution in [0.3, 0.4) is 0 Å². The van der Waals surface area contributed by atoms with Crippen LogP contribution in [0.5, 0.6) is 0 Å². The zero-order valence-corrected chi connectivity index (χ0v) is 9.19. The van der Waals surface area contributed by atoms with E-state index in [9.17, 15) is 0 Å². The zero-order valence-electron chi connectivity index (χ0n) is 9.19. The van der Waals surface area contributed by atoms with Crippen molar-refractivity contribution in [3.63, 3.8) is 0 Å². The van der Waals surface area contributed by atoms with Gasteiger partial charge in [0.25, 0.3) is 0 Å². The van der Waals surface area contributed by atoms with E-state index in [0.717, 1.165) is 25.6 Å². The normalized spacial score (nSPS) is 20.9. The van der Waals surface area contributed by atoms with Gasteiger partial charge in [0.2, 0.25) is 5.95 Å². The van der Waals surface area contributed by atoms with Gasteiger partial charge < -0.3 is 14.8 Å². The van der Waals surface area contributed by atoms with Crippen LogP contribution < -0.4 is 10.2 Å². The first kappa shape index (κ1) is 10.2. The molecular weight excluding hydrogens is 188 g/mol. The van der Waals surface area contributed by atoms with Gasteiger partial charge in [-0.15, -0.1) is 6.58 Å². The van der Waals surface area contributed by atoms with Gasteiger partial charge in [-0.1, -0.05) is 6.08 Å². The van der Waals surface area contributed by atoms with Crippen molar-refractivity contribution in [1.82, 2.24) is 14.9 Å². The van der Waals surface area contributed by atoms with Crippen molar-refractivity contribution in [3.05, 3.63) is 25.0 Å². The second-order valence-electron chi connectivity index (χ2n) is 3.89. The molecule has 1 aromatic heterocycles. The monoisotopic (exact) mass is 206 g/mol. The van der Waals surface area contributed by atoms with Gasteiger partial charge in [-0.25, -0.2) is 4.98 Å². The van der Waals surface area contributed by atoms with E-state index >= 15 is 0 Å². The van der Waals surface area contributed by atoms with Gasteiger partial charge in [0.15, 0.2) is 0 Å². The molecule has 1 aliphatic heterocycles. The Kier molecular flexibility index (Phi) is 3.06. The van der Waals surface area contributed by atoms with Crippen LogP contribution in [0.2, 0.25) is 0 Å². The molecule has 0 radical (unpaired) electrons. The number of likely N-dealkylation sites (N-methyl/N-ethyl adjacent to an activating group) is 1. The molecule has 15 heavy (non-hydrogen) atoms. The van der Waals surface area contributed by atoms with Crippen LogP contribution in [-0.2, 0) is 6.54 Å². The molecule has 0 spiro atoms. The first-order valence-electron chi connectivity index (χ1n) is 5.39. The van der Waals surface area contributed by atoms with Gasteiger partial charge in [0.05, 0.1) is 0 Å². The summed E-state index contributed by atoms with van der Waals surface area (Å²) in [7, 11) is 2.02. The standard InChI is InChI=1S/C11H18N4/c1-3-6-14-8-5-13-11(14)15-7-4-10(9-15)12-2/h3,5,8,10,12H,1,4,6-7,9H2,2H3. The number of anilines is 1. The summed E-state index contributed by atoms with van der Waals surface area (Å²) >= 11 is 0. The lowest BCUT2D eigenvalue weighted by atomic mass is 10.3. The molecule has 2 rings (SSSR count). The first-order chi connectivity index (χ1) is 7.35. The number of imidazole rings is 1. The Morgan fingerprint density at radius 2 is 2.60 bits per heavy atom. The molecule has 1 fully saturated rings. The van der Waals surface area contributed by atoms with E-state index < -0.39 is 0 Å². The molecule has 1 saturated heterocycles. The smallest absolute Gasteiger partial charge is 0.205 e. The molecule has 0 saturated carbocycles. The van der Waals surface area contributed by atoms with Gasteiger partial charge in [-0.05, 0) is 13.5 Å². The predicted molar refractivity (Wildman–Crippen MR) is 62.1 cm³/mol. The minimum atomic E-state index is 0.596. The highest BCUT2D eigenvalue weighted by Crippen LogP contribution is 2.18. The summed E-state index contributed by atoms with van der Waals surface area (Å²) in [5.41, 5.74) is 0. The topological polar surface area (TPSA) is 33.1 Å². The highest BCUT2D eigenvalue weighted by molar-refractivity contribution is 5.33. The third-order valence-electron chi connectivity index (χ3n) is 2.90. The molecule has 1 aliphatic rings. The summed E-state index contributed by atoms with van der Waals surface area (Å²) in [6.45, 7) is 6.71. The Bertz CT molecular complexity index is 331. The van der Waals surface area contributed by atoms with Crippen LogP contribution >= 0.6 is 0 Å². The average molecular weight is 206 g/mol. The lowest BCUT2D eigenvalue weighted by molar-refractivity contribution is 0.615. The molecule has 2 heterocycles. The van der Waals surface area contributed by atoms with E-state index in [4.69, 9.17) is 0 Å². The Labute approximate surface area is 90.6 Å². The number of allylic oxidation sites excluding steroid dienone is 1. The van der Waals surface area contributed by atoms with Crippen LogP contribution in [0.15, 0.2) is 25.0 Å². The zero-order chi connectivity index (χ0) is 10.7. The number of nitrogens with one attached hydrogen (secondary N) is 1. The molecule has 0 bridgehead atoms. The average Bonchev–Trinajstić information content (AvgIpc) is 2.85. The van der Waals surface area contributed by atoms with Crippen LogP contribution in [0.1, 0.15) is 6.42 Å². The van der Waals surface area contributed by atoms with E-state index in [-0.39, 0.29) is 0 Å². The number of hydrogen-bond acceptors (Lipinski definition) is 3. The van der Waals surface area contributed by atoms with Crippen molar-refractivity contribution in [1.29, 1.82) is 0 Å². The summed E-state index contributed by atoms with van der Waals surface area (Å²) in [5, 5.41) is 3.31. The summed E-state index contributed by atoms with van der Waals surface area (Å²) in [5.74, 6) is 1.06. The van der Waals surface area contributed by atoms with E-state index in [1.165, 1.54) is 6.42 Å². The molecule has 1 N–H and O–H groups in total. The van der Waals surface area contributed by atoms with E-state index in [2.05, 4.69) is 26.3 Å². The predicted octanol–water partition coefficient (Wildman–Crippen LogP) is 0.867. The summed E-state index contributed by atoms with van der Waals surface area (Å²) < 4.78 is 2.13. The Hall–Kier alpha value is -1.29. The van der Waals surface area contributed by atoms with Crippen molar-refractivity contribution in [2.45, 2.75) is 19.0 Å². The quantitative estimate of drug-likeness (QED) is 0.742. The molecular formula is C11H18N4. The SMILES string of the molecule is C=CCn1ccnc1N1CCC(NC)C1. The number of rotatable bonds is 4. The summed E-state index contributed by atoms with van der Waals surface area (Å²) in [4.78, 5) is 6.72. The molecule has 0 aliphatic carbocycles. The highest BCUT2D eigenvalue weighted by atomic mass is 15.3. The molecule has 4 heteroatoms. The fraction of sp³-hybridized carbons (Fsp3) is 0.545. The van der Waals surface area contributed by atoms with Gasteiger partial charge in [-0.3, -0.25) is 0 Å². The number of aromatic nitrogens is 2. The maximum Gasteiger partial charge on any atom is 0.205 e. The molecule has 0 aromatic carbocycles. The third-order valence-corrected chi connectivity index (χ3v) is 2.90. The molecule has 1 unspecified atom stereocenters. The maximum absolute atomic E-state index is 4.40. The third kappa shape index (κ3) is 2.04. The summed E-state index contributed by atoms with van der Waals surface area (Å²) in [6, 6.07) is 0.596. The van der Waals surface area contributed by atoms with Crippen LogP contribution in [-0.4, -0.2) is 35.7 Å². The second kappa shape index (κ2) is 4.49. The van der Waals surface area contributed by atoms with Crippen LogP contribution in [0.4, 0.5) is 5.95 Å². The van der Waals surface area contributed by atoms with Crippen molar-refractivity contribution in [2.75, 3.05) is 25.0 Å². The Morgan fingerprint density at radius 3 is 3.27 bits per heavy atom. The molecule has 0 amide bonds. The highest BCUT2D eigenvalue weighted by Gasteiger charge is 2.23. The number of hydrogen-bond donors (Lipinski definition) is 1. The van der Waals surface area contributed by atoms with Gasteiger partial charge >= 0.3 is 0 Å². The van der Waals surface area contributed by atoms with E-state index in [0.29, 0.717) is 6.04 Å². The van der Waals surface area contributed by atoms with Crippen molar-refractivity contribution >= 4 is 5.95 Å². The number of nitrogens with zero attached hydrogens (tertiary/aromatic N) is 3. The first-order valence-corrected chi connectivity index (χ1v) is 5.39. The van der Waals surface area contributed by atoms with Gasteiger partial charge in [0.1, 0.15) is 0 Å². The lowest BCUT2D eigenvalue weighted by Crippen LogP contribution is -2.30. The van der Waals surface area contributed by atoms with Crippen LogP contribution in [0.25, 0.3) is 0 Å². The fourth-order valence-electron chi connectivity index (χ4n) is 2.04. The van der Waals surface area contributed by atoms with Crippen LogP contribution in [0, 0.1) is 0 Å². The maximum atomic E-state index is 4.40. The minimum Gasteiger partial charge on any atom is -0.341 e. The van der Waals surface area contributed by atoms with E-state index in [1.54, 1.807) is 0 Å². The van der Waals surface area contributed by atoms with Crippen molar-refractivity contribution < 1.29 is 0 Å². The van der Waals surface area contributed by atoms with Gasteiger partial charge in [-0.2, -0.15) is 0 Å².